The van der Waals surface area contributed by atoms with Crippen molar-refractivity contribution in [3.8, 4) is 0 Å². The smallest absolute Gasteiger partial charge is 0.243 e. The molecule has 102 valence electrons. The minimum absolute atomic E-state index is 0.161. The third kappa shape index (κ3) is 2.80. The number of nitrogens with zero attached hydrogens (tertiary/aromatic N) is 2. The Hall–Kier alpha value is -1.79. The molecule has 2 heterocycles. The molecule has 2 rings (SSSR count). The van der Waals surface area contributed by atoms with E-state index in [1.54, 1.807) is 19.3 Å². The Morgan fingerprint density at radius 2 is 2.26 bits per heavy atom. The van der Waals surface area contributed by atoms with Crippen molar-refractivity contribution in [2.75, 3.05) is 6.54 Å². The molecule has 6 nitrogen and oxygen atoms in total. The second-order valence-corrected chi connectivity index (χ2v) is 4.85. The lowest BCUT2D eigenvalue weighted by Gasteiger charge is -2.39. The number of carbonyl (C=O) groups excluding carboxylic acids is 2. The number of carbonyl (C=O) groups is 2. The van der Waals surface area contributed by atoms with Crippen LogP contribution in [0.25, 0.3) is 0 Å². The summed E-state index contributed by atoms with van der Waals surface area (Å²) < 4.78 is 0. The zero-order chi connectivity index (χ0) is 14.0. The first kappa shape index (κ1) is 13.6. The van der Waals surface area contributed by atoms with Crippen molar-refractivity contribution in [2.45, 2.75) is 32.0 Å². The van der Waals surface area contributed by atoms with Gasteiger partial charge in [0.2, 0.25) is 11.8 Å². The number of imide groups is 1. The van der Waals surface area contributed by atoms with Crippen molar-refractivity contribution < 1.29 is 9.59 Å². The predicted molar refractivity (Wildman–Crippen MR) is 69.9 cm³/mol. The maximum absolute atomic E-state index is 11.7. The van der Waals surface area contributed by atoms with E-state index in [1.165, 1.54) is 0 Å². The average molecular weight is 262 g/mol. The first-order valence-corrected chi connectivity index (χ1v) is 6.25. The quantitative estimate of drug-likeness (QED) is 0.738. The summed E-state index contributed by atoms with van der Waals surface area (Å²) in [5.74, 6) is -0.580. The van der Waals surface area contributed by atoms with Crippen LogP contribution in [0.5, 0.6) is 0 Å². The van der Waals surface area contributed by atoms with Gasteiger partial charge in [-0.1, -0.05) is 6.07 Å². The van der Waals surface area contributed by atoms with Crippen LogP contribution >= 0.6 is 0 Å². The van der Waals surface area contributed by atoms with Crippen molar-refractivity contribution in [1.82, 2.24) is 15.2 Å². The van der Waals surface area contributed by atoms with Crippen molar-refractivity contribution >= 4 is 11.8 Å². The fraction of sp³-hybridized carbons (Fsp3) is 0.462. The maximum Gasteiger partial charge on any atom is 0.243 e. The Morgan fingerprint density at radius 3 is 2.84 bits per heavy atom. The fourth-order valence-corrected chi connectivity index (χ4v) is 2.42. The van der Waals surface area contributed by atoms with Crippen molar-refractivity contribution in [3.63, 3.8) is 0 Å². The van der Waals surface area contributed by atoms with Crippen LogP contribution in [-0.2, 0) is 9.59 Å². The van der Waals surface area contributed by atoms with Crippen LogP contribution in [0.15, 0.2) is 24.5 Å². The summed E-state index contributed by atoms with van der Waals surface area (Å²) in [6, 6.07) is 2.91. The summed E-state index contributed by atoms with van der Waals surface area (Å²) in [6.07, 6.45) is 3.40. The zero-order valence-electron chi connectivity index (χ0n) is 11.0. The monoisotopic (exact) mass is 262 g/mol. The van der Waals surface area contributed by atoms with Gasteiger partial charge in [-0.15, -0.1) is 0 Å². The van der Waals surface area contributed by atoms with Crippen molar-refractivity contribution in [3.05, 3.63) is 30.1 Å². The van der Waals surface area contributed by atoms with E-state index in [4.69, 9.17) is 5.73 Å². The third-order valence-electron chi connectivity index (χ3n) is 3.35. The lowest BCUT2D eigenvalue weighted by atomic mass is 9.98. The van der Waals surface area contributed by atoms with Gasteiger partial charge >= 0.3 is 0 Å². The number of hydrogen-bond acceptors (Lipinski definition) is 5. The van der Waals surface area contributed by atoms with Gasteiger partial charge in [-0.05, 0) is 25.5 Å². The lowest BCUT2D eigenvalue weighted by Crippen LogP contribution is -2.59. The van der Waals surface area contributed by atoms with E-state index in [2.05, 4.69) is 10.3 Å². The van der Waals surface area contributed by atoms with Crippen LogP contribution in [0.3, 0.4) is 0 Å². The second kappa shape index (κ2) is 5.46. The van der Waals surface area contributed by atoms with Gasteiger partial charge in [-0.3, -0.25) is 24.8 Å². The number of nitrogens with two attached hydrogens (primary N) is 1. The van der Waals surface area contributed by atoms with Gasteiger partial charge in [-0.2, -0.15) is 0 Å². The first-order valence-electron chi connectivity index (χ1n) is 6.25. The van der Waals surface area contributed by atoms with Gasteiger partial charge in [0.25, 0.3) is 0 Å². The number of pyridine rings is 1. The zero-order valence-corrected chi connectivity index (χ0v) is 11.0. The highest BCUT2D eigenvalue weighted by atomic mass is 16.2. The molecule has 0 saturated carbocycles. The Kier molecular flexibility index (Phi) is 3.92. The molecule has 0 aromatic carbocycles. The fourth-order valence-electron chi connectivity index (χ4n) is 2.42. The Bertz CT molecular complexity index is 475. The molecular weight excluding hydrogens is 244 g/mol. The van der Waals surface area contributed by atoms with Crippen LogP contribution in [0.4, 0.5) is 0 Å². The van der Waals surface area contributed by atoms with E-state index >= 15 is 0 Å². The van der Waals surface area contributed by atoms with Gasteiger partial charge in [0, 0.05) is 18.4 Å². The topological polar surface area (TPSA) is 88.3 Å². The summed E-state index contributed by atoms with van der Waals surface area (Å²) >= 11 is 0. The molecule has 0 bridgehead atoms. The molecule has 0 radical (unpaired) electrons. The Balaban J connectivity index is 2.33. The number of piperazine rings is 1. The molecule has 1 fully saturated rings. The molecule has 1 saturated heterocycles. The molecule has 0 spiro atoms. The van der Waals surface area contributed by atoms with E-state index in [1.807, 2.05) is 24.0 Å². The van der Waals surface area contributed by atoms with Gasteiger partial charge in [0.1, 0.15) is 0 Å². The Labute approximate surface area is 112 Å². The van der Waals surface area contributed by atoms with Gasteiger partial charge in [-0.25, -0.2) is 0 Å². The van der Waals surface area contributed by atoms with Crippen LogP contribution in [0.1, 0.15) is 25.5 Å². The molecular formula is C13H18N4O2. The summed E-state index contributed by atoms with van der Waals surface area (Å²) in [4.78, 5) is 29.2. The van der Waals surface area contributed by atoms with E-state index < -0.39 is 6.04 Å². The maximum atomic E-state index is 11.7. The minimum Gasteiger partial charge on any atom is -0.326 e. The van der Waals surface area contributed by atoms with Crippen molar-refractivity contribution in [2.24, 2.45) is 5.73 Å². The highest BCUT2D eigenvalue weighted by Gasteiger charge is 2.37. The Morgan fingerprint density at radius 1 is 1.53 bits per heavy atom. The predicted octanol–water partition coefficient (Wildman–Crippen LogP) is -0.183. The summed E-state index contributed by atoms with van der Waals surface area (Å²) in [5.41, 5.74) is 6.95. The second-order valence-electron chi connectivity index (χ2n) is 4.85. The number of rotatable bonds is 3. The van der Waals surface area contributed by atoms with Crippen molar-refractivity contribution in [1.29, 1.82) is 0 Å². The number of amides is 2. The molecule has 6 heteroatoms. The first-order chi connectivity index (χ1) is 9.00. The molecule has 0 aliphatic carbocycles. The van der Waals surface area contributed by atoms with Crippen LogP contribution in [0, 0.1) is 0 Å². The normalized spacial score (nSPS) is 23.8. The summed E-state index contributed by atoms with van der Waals surface area (Å²) in [7, 11) is 0. The number of nitrogens with one attached hydrogen (secondary N) is 1. The van der Waals surface area contributed by atoms with Gasteiger partial charge in [0.05, 0.1) is 18.6 Å². The average Bonchev–Trinajstić information content (AvgIpc) is 2.36. The molecule has 1 aliphatic rings. The van der Waals surface area contributed by atoms with Gasteiger partial charge in [0.15, 0.2) is 0 Å². The lowest BCUT2D eigenvalue weighted by molar-refractivity contribution is -0.141. The van der Waals surface area contributed by atoms with E-state index in [-0.39, 0.29) is 30.4 Å². The van der Waals surface area contributed by atoms with E-state index in [0.717, 1.165) is 5.56 Å². The number of hydrogen-bond donors (Lipinski definition) is 2. The number of aromatic nitrogens is 1. The highest BCUT2D eigenvalue weighted by molar-refractivity contribution is 6.00. The highest BCUT2D eigenvalue weighted by Crippen LogP contribution is 2.26. The molecule has 3 atom stereocenters. The molecule has 19 heavy (non-hydrogen) atoms. The van der Waals surface area contributed by atoms with E-state index in [0.29, 0.717) is 0 Å². The van der Waals surface area contributed by atoms with Crippen LogP contribution < -0.4 is 11.1 Å². The molecule has 1 aromatic heterocycles. The minimum atomic E-state index is -0.395. The molecule has 2 amide bonds. The third-order valence-corrected chi connectivity index (χ3v) is 3.35. The molecule has 1 aliphatic heterocycles. The van der Waals surface area contributed by atoms with Gasteiger partial charge < -0.3 is 5.73 Å². The van der Waals surface area contributed by atoms with Crippen LogP contribution in [0.2, 0.25) is 0 Å². The standard InChI is InChI=1S/C13H18N4O2/c1-8(14)12(10-4-3-5-15-6-10)17-7-11(18)16-13(19)9(17)2/h3-6,8-9,12H,7,14H2,1-2H3,(H,16,18,19). The SMILES string of the molecule is CC(N)C(c1cccnc1)N1CC(=O)NC(=O)C1C. The summed E-state index contributed by atoms with van der Waals surface area (Å²) in [6.45, 7) is 3.79. The van der Waals surface area contributed by atoms with E-state index in [9.17, 15) is 9.59 Å². The molecule has 3 N–H and O–H groups in total. The summed E-state index contributed by atoms with van der Waals surface area (Å²) in [5, 5.41) is 2.33. The largest absolute Gasteiger partial charge is 0.326 e. The molecule has 3 unspecified atom stereocenters. The van der Waals surface area contributed by atoms with Crippen LogP contribution in [-0.4, -0.2) is 40.3 Å². The molecule has 1 aromatic rings.